The van der Waals surface area contributed by atoms with Gasteiger partial charge in [0.25, 0.3) is 0 Å². The Morgan fingerprint density at radius 2 is 1.91 bits per heavy atom. The minimum absolute atomic E-state index is 0.144. The first kappa shape index (κ1) is 15.5. The summed E-state index contributed by atoms with van der Waals surface area (Å²) in [7, 11) is 0. The van der Waals surface area contributed by atoms with Crippen molar-refractivity contribution in [1.82, 2.24) is 10.6 Å². The Hall–Kier alpha value is -2.40. The second kappa shape index (κ2) is 6.79. The molecule has 2 amide bonds. The van der Waals surface area contributed by atoms with Crippen LogP contribution in [0.15, 0.2) is 42.5 Å². The van der Waals surface area contributed by atoms with Crippen molar-refractivity contribution in [3.05, 3.63) is 58.6 Å². The molecule has 1 heterocycles. The Kier molecular flexibility index (Phi) is 4.57. The van der Waals surface area contributed by atoms with E-state index in [-0.39, 0.29) is 18.9 Å². The van der Waals surface area contributed by atoms with Crippen molar-refractivity contribution in [1.29, 1.82) is 0 Å². The molecular formula is C17H17ClN2O3. The highest BCUT2D eigenvalue weighted by Gasteiger charge is 2.16. The summed E-state index contributed by atoms with van der Waals surface area (Å²) >= 11 is 5.83. The molecule has 5 nitrogen and oxygen atoms in total. The topological polar surface area (TPSA) is 59.6 Å². The maximum Gasteiger partial charge on any atom is 0.315 e. The number of carbonyl (C=O) groups excluding carboxylic acids is 1. The van der Waals surface area contributed by atoms with Gasteiger partial charge in [-0.15, -0.1) is 0 Å². The first-order valence-electron chi connectivity index (χ1n) is 7.30. The summed E-state index contributed by atoms with van der Waals surface area (Å²) in [6.45, 7) is 2.60. The van der Waals surface area contributed by atoms with Crippen molar-refractivity contribution in [2.75, 3.05) is 6.79 Å². The molecule has 6 heteroatoms. The second-order valence-electron chi connectivity index (χ2n) is 5.29. The summed E-state index contributed by atoms with van der Waals surface area (Å²) < 4.78 is 10.6. The number of benzene rings is 2. The molecule has 0 aliphatic carbocycles. The molecular weight excluding hydrogens is 316 g/mol. The van der Waals surface area contributed by atoms with Gasteiger partial charge >= 0.3 is 6.03 Å². The van der Waals surface area contributed by atoms with Gasteiger partial charge in [0.05, 0.1) is 6.04 Å². The van der Waals surface area contributed by atoms with Crippen molar-refractivity contribution in [2.45, 2.75) is 19.5 Å². The van der Waals surface area contributed by atoms with Crippen LogP contribution in [0.1, 0.15) is 24.1 Å². The first-order valence-corrected chi connectivity index (χ1v) is 7.68. The highest BCUT2D eigenvalue weighted by Crippen LogP contribution is 2.34. The molecule has 0 fully saturated rings. The van der Waals surface area contributed by atoms with Gasteiger partial charge in [0.1, 0.15) is 0 Å². The number of carbonyl (C=O) groups is 1. The molecule has 0 saturated carbocycles. The van der Waals surface area contributed by atoms with Crippen LogP contribution in [0.2, 0.25) is 5.02 Å². The van der Waals surface area contributed by atoms with Crippen molar-refractivity contribution in [2.24, 2.45) is 0 Å². The number of hydrogen-bond acceptors (Lipinski definition) is 3. The summed E-state index contributed by atoms with van der Waals surface area (Å²) in [6.07, 6.45) is 0. The molecule has 3 rings (SSSR count). The number of ether oxygens (including phenoxy) is 2. The normalized spacial score (nSPS) is 13.5. The molecule has 1 aliphatic rings. The van der Waals surface area contributed by atoms with Crippen LogP contribution in [0.25, 0.3) is 0 Å². The maximum absolute atomic E-state index is 12.0. The number of nitrogens with one attached hydrogen (secondary N) is 2. The molecule has 0 saturated heterocycles. The molecule has 0 radical (unpaired) electrons. The first-order chi connectivity index (χ1) is 11.1. The highest BCUT2D eigenvalue weighted by atomic mass is 35.5. The fourth-order valence-corrected chi connectivity index (χ4v) is 2.42. The fraction of sp³-hybridized carbons (Fsp3) is 0.235. The van der Waals surface area contributed by atoms with E-state index in [2.05, 4.69) is 10.6 Å². The minimum Gasteiger partial charge on any atom is -0.454 e. The van der Waals surface area contributed by atoms with Crippen LogP contribution in [0.4, 0.5) is 4.79 Å². The van der Waals surface area contributed by atoms with Crippen molar-refractivity contribution in [3.63, 3.8) is 0 Å². The standard InChI is InChI=1S/C17H17ClN2O3/c1-11(13-4-7-15-16(8-13)23-10-22-15)20-17(21)19-9-12-2-5-14(18)6-3-12/h2-8,11H,9-10H2,1H3,(H2,19,20,21). The molecule has 23 heavy (non-hydrogen) atoms. The van der Waals surface area contributed by atoms with Crippen LogP contribution in [-0.2, 0) is 6.54 Å². The highest BCUT2D eigenvalue weighted by molar-refractivity contribution is 6.30. The third kappa shape index (κ3) is 3.87. The van der Waals surface area contributed by atoms with E-state index in [4.69, 9.17) is 21.1 Å². The van der Waals surface area contributed by atoms with Gasteiger partial charge in [0, 0.05) is 11.6 Å². The fourth-order valence-electron chi connectivity index (χ4n) is 2.30. The lowest BCUT2D eigenvalue weighted by atomic mass is 10.1. The van der Waals surface area contributed by atoms with E-state index < -0.39 is 0 Å². The van der Waals surface area contributed by atoms with Crippen LogP contribution >= 0.6 is 11.6 Å². The lowest BCUT2D eigenvalue weighted by molar-refractivity contribution is 0.174. The zero-order valence-corrected chi connectivity index (χ0v) is 13.4. The molecule has 1 unspecified atom stereocenters. The summed E-state index contributed by atoms with van der Waals surface area (Å²) in [5, 5.41) is 6.39. The van der Waals surface area contributed by atoms with E-state index in [1.807, 2.05) is 37.3 Å². The summed E-state index contributed by atoms with van der Waals surface area (Å²) in [4.78, 5) is 12.0. The zero-order chi connectivity index (χ0) is 16.2. The van der Waals surface area contributed by atoms with Gasteiger partial charge in [0.15, 0.2) is 11.5 Å². The number of fused-ring (bicyclic) bond motifs is 1. The molecule has 2 aromatic rings. The van der Waals surface area contributed by atoms with Crippen LogP contribution in [0, 0.1) is 0 Å². The lowest BCUT2D eigenvalue weighted by Crippen LogP contribution is -2.36. The van der Waals surface area contributed by atoms with Gasteiger partial charge in [-0.3, -0.25) is 0 Å². The molecule has 1 atom stereocenters. The Morgan fingerprint density at radius 1 is 1.17 bits per heavy atom. The van der Waals surface area contributed by atoms with E-state index in [1.54, 1.807) is 12.1 Å². The maximum atomic E-state index is 12.0. The number of rotatable bonds is 4. The number of hydrogen-bond donors (Lipinski definition) is 2. The molecule has 0 bridgehead atoms. The predicted molar refractivity (Wildman–Crippen MR) is 87.8 cm³/mol. The van der Waals surface area contributed by atoms with Crippen LogP contribution in [-0.4, -0.2) is 12.8 Å². The van der Waals surface area contributed by atoms with E-state index in [9.17, 15) is 4.79 Å². The van der Waals surface area contributed by atoms with E-state index in [0.29, 0.717) is 17.3 Å². The average molecular weight is 333 g/mol. The lowest BCUT2D eigenvalue weighted by Gasteiger charge is -2.15. The predicted octanol–water partition coefficient (Wildman–Crippen LogP) is 3.63. The Balaban J connectivity index is 1.54. The summed E-state index contributed by atoms with van der Waals surface area (Å²) in [5.41, 5.74) is 1.94. The Bertz CT molecular complexity index is 703. The molecule has 2 N–H and O–H groups in total. The summed E-state index contributed by atoms with van der Waals surface area (Å²) in [5.74, 6) is 1.44. The molecule has 120 valence electrons. The van der Waals surface area contributed by atoms with Gasteiger partial charge in [0.2, 0.25) is 6.79 Å². The monoisotopic (exact) mass is 332 g/mol. The molecule has 0 spiro atoms. The number of amides is 2. The van der Waals surface area contributed by atoms with Gasteiger partial charge < -0.3 is 20.1 Å². The van der Waals surface area contributed by atoms with E-state index in [1.165, 1.54) is 0 Å². The SMILES string of the molecule is CC(NC(=O)NCc1ccc(Cl)cc1)c1ccc2c(c1)OCO2. The average Bonchev–Trinajstić information content (AvgIpc) is 3.02. The number of halogens is 1. The van der Waals surface area contributed by atoms with Gasteiger partial charge in [-0.1, -0.05) is 29.8 Å². The van der Waals surface area contributed by atoms with Crippen molar-refractivity contribution >= 4 is 17.6 Å². The van der Waals surface area contributed by atoms with Gasteiger partial charge in [-0.25, -0.2) is 4.79 Å². The quantitative estimate of drug-likeness (QED) is 0.898. The van der Waals surface area contributed by atoms with Gasteiger partial charge in [-0.2, -0.15) is 0 Å². The largest absolute Gasteiger partial charge is 0.454 e. The van der Waals surface area contributed by atoms with E-state index >= 15 is 0 Å². The van der Waals surface area contributed by atoms with E-state index in [0.717, 1.165) is 16.9 Å². The smallest absolute Gasteiger partial charge is 0.315 e. The molecule has 2 aromatic carbocycles. The van der Waals surface area contributed by atoms with Crippen molar-refractivity contribution in [3.8, 4) is 11.5 Å². The van der Waals surface area contributed by atoms with Gasteiger partial charge in [-0.05, 0) is 42.3 Å². The zero-order valence-electron chi connectivity index (χ0n) is 12.6. The Morgan fingerprint density at radius 3 is 2.70 bits per heavy atom. The van der Waals surface area contributed by atoms with Crippen LogP contribution in [0.5, 0.6) is 11.5 Å². The second-order valence-corrected chi connectivity index (χ2v) is 5.72. The third-order valence-electron chi connectivity index (χ3n) is 3.61. The van der Waals surface area contributed by atoms with Crippen LogP contribution in [0.3, 0.4) is 0 Å². The van der Waals surface area contributed by atoms with Crippen molar-refractivity contribution < 1.29 is 14.3 Å². The molecule has 0 aromatic heterocycles. The minimum atomic E-state index is -0.231. The summed E-state index contributed by atoms with van der Waals surface area (Å²) in [6, 6.07) is 12.6. The van der Waals surface area contributed by atoms with Crippen LogP contribution < -0.4 is 20.1 Å². The number of urea groups is 1. The Labute approximate surface area is 139 Å². The molecule has 1 aliphatic heterocycles. The third-order valence-corrected chi connectivity index (χ3v) is 3.86.